The van der Waals surface area contributed by atoms with Gasteiger partial charge in [-0.2, -0.15) is 0 Å². The first-order valence-corrected chi connectivity index (χ1v) is 11.9. The molecule has 3 N–H and O–H groups in total. The maximum absolute atomic E-state index is 12.7. The Hall–Kier alpha value is -3.40. The summed E-state index contributed by atoms with van der Waals surface area (Å²) in [6.45, 7) is 1.92. The summed E-state index contributed by atoms with van der Waals surface area (Å²) in [5.74, 6) is -1.61. The van der Waals surface area contributed by atoms with E-state index in [0.717, 1.165) is 22.3 Å². The van der Waals surface area contributed by atoms with Crippen molar-refractivity contribution >= 4 is 46.2 Å². The minimum Gasteiger partial charge on any atom is -0.478 e. The van der Waals surface area contributed by atoms with Gasteiger partial charge >= 0.3 is 12.1 Å². The Bertz CT molecular complexity index is 1210. The first kappa shape index (κ1) is 23.7. The van der Waals surface area contributed by atoms with E-state index in [-0.39, 0.29) is 18.1 Å². The van der Waals surface area contributed by atoms with Crippen molar-refractivity contribution in [2.45, 2.75) is 25.3 Å². The van der Waals surface area contributed by atoms with Crippen LogP contribution >= 0.6 is 22.6 Å². The number of ether oxygens (including phenoxy) is 1. The number of aromatic carboxylic acids is 1. The van der Waals surface area contributed by atoms with Crippen LogP contribution in [0.15, 0.2) is 66.7 Å². The van der Waals surface area contributed by atoms with Crippen LogP contribution in [0.5, 0.6) is 0 Å². The molecule has 0 fully saturated rings. The second-order valence-corrected chi connectivity index (χ2v) is 9.20. The van der Waals surface area contributed by atoms with Crippen LogP contribution in [0.25, 0.3) is 11.1 Å². The Labute approximate surface area is 210 Å². The first-order chi connectivity index (χ1) is 16.4. The molecule has 0 aromatic heterocycles. The number of amides is 2. The van der Waals surface area contributed by atoms with Gasteiger partial charge in [0.1, 0.15) is 12.6 Å². The molecule has 174 valence electrons. The second-order valence-electron chi connectivity index (χ2n) is 7.95. The van der Waals surface area contributed by atoms with E-state index >= 15 is 0 Å². The Kier molecular flexibility index (Phi) is 7.16. The van der Waals surface area contributed by atoms with Gasteiger partial charge in [0, 0.05) is 15.2 Å². The fourth-order valence-corrected chi connectivity index (χ4v) is 4.82. The lowest BCUT2D eigenvalue weighted by Gasteiger charge is -2.19. The highest BCUT2D eigenvalue weighted by Crippen LogP contribution is 2.44. The Morgan fingerprint density at radius 2 is 1.62 bits per heavy atom. The molecule has 0 saturated carbocycles. The van der Waals surface area contributed by atoms with Crippen LogP contribution in [0.4, 0.5) is 10.5 Å². The molecule has 0 radical (unpaired) electrons. The van der Waals surface area contributed by atoms with Gasteiger partial charge in [-0.05, 0) is 69.5 Å². The number of halogens is 1. The number of carboxylic acid groups (broad SMARTS) is 1. The van der Waals surface area contributed by atoms with Crippen molar-refractivity contribution in [2.75, 3.05) is 11.9 Å². The molecule has 1 atom stereocenters. The van der Waals surface area contributed by atoms with Gasteiger partial charge in [0.05, 0.1) is 5.56 Å². The highest BCUT2D eigenvalue weighted by atomic mass is 127. The highest BCUT2D eigenvalue weighted by Gasteiger charge is 2.29. The number of benzene rings is 3. The van der Waals surface area contributed by atoms with E-state index in [0.29, 0.717) is 15.7 Å². The molecule has 2 amide bonds. The summed E-state index contributed by atoms with van der Waals surface area (Å²) in [6.07, 6.45) is -0.344. The number of anilines is 1. The fraction of sp³-hybridized carbons (Fsp3) is 0.192. The van der Waals surface area contributed by atoms with E-state index in [4.69, 9.17) is 4.74 Å². The number of carboxylic acids is 1. The van der Waals surface area contributed by atoms with Gasteiger partial charge < -0.3 is 20.5 Å². The number of fused-ring (bicyclic) bond motifs is 3. The number of alkyl carbamates (subject to hydrolysis) is 1. The summed E-state index contributed by atoms with van der Waals surface area (Å²) in [6, 6.07) is 19.8. The molecule has 0 unspecified atom stereocenters. The summed E-state index contributed by atoms with van der Waals surface area (Å²) in [5, 5.41) is 14.5. The van der Waals surface area contributed by atoms with Gasteiger partial charge in [-0.25, -0.2) is 9.59 Å². The topological polar surface area (TPSA) is 105 Å². The molecule has 7 nitrogen and oxygen atoms in total. The Balaban J connectivity index is 1.40. The number of carbonyl (C=O) groups is 3. The van der Waals surface area contributed by atoms with Crippen LogP contribution in [0.1, 0.15) is 40.7 Å². The van der Waals surface area contributed by atoms with Gasteiger partial charge in [0.2, 0.25) is 5.91 Å². The van der Waals surface area contributed by atoms with Crippen LogP contribution in [-0.2, 0) is 9.53 Å². The molecule has 0 heterocycles. The van der Waals surface area contributed by atoms with E-state index in [1.165, 1.54) is 12.1 Å². The number of hydrogen-bond acceptors (Lipinski definition) is 4. The zero-order valence-corrected chi connectivity index (χ0v) is 20.5. The molecule has 4 rings (SSSR count). The van der Waals surface area contributed by atoms with E-state index in [1.54, 1.807) is 13.0 Å². The standard InChI is InChI=1S/C26H23IN2O5/c1-2-23(24(30)28-17-12-15(25(31)32)11-16(27)13-17)29-26(33)34-14-22-20-9-5-3-7-18(20)19-8-4-6-10-21(19)22/h3-13,22-23H,2,14H2,1H3,(H,28,30)(H,29,33)(H,31,32)/t23-/m0/s1. The van der Waals surface area contributed by atoms with Gasteiger partial charge in [-0.15, -0.1) is 0 Å². The average molecular weight is 570 g/mol. The first-order valence-electron chi connectivity index (χ1n) is 10.8. The predicted octanol–water partition coefficient (Wildman–Crippen LogP) is 5.25. The molecular formula is C26H23IN2O5. The molecule has 0 saturated heterocycles. The zero-order valence-electron chi connectivity index (χ0n) is 18.4. The fourth-order valence-electron chi connectivity index (χ4n) is 4.15. The predicted molar refractivity (Wildman–Crippen MR) is 137 cm³/mol. The monoisotopic (exact) mass is 570 g/mol. The van der Waals surface area contributed by atoms with Crippen molar-refractivity contribution in [3.63, 3.8) is 0 Å². The summed E-state index contributed by atoms with van der Waals surface area (Å²) in [7, 11) is 0. The maximum Gasteiger partial charge on any atom is 0.407 e. The van der Waals surface area contributed by atoms with Crippen LogP contribution in [0.3, 0.4) is 0 Å². The van der Waals surface area contributed by atoms with Crippen molar-refractivity contribution in [1.29, 1.82) is 0 Å². The molecule has 1 aliphatic carbocycles. The van der Waals surface area contributed by atoms with Crippen molar-refractivity contribution in [3.05, 3.63) is 87.0 Å². The maximum atomic E-state index is 12.7. The molecule has 8 heteroatoms. The van der Waals surface area contributed by atoms with Crippen molar-refractivity contribution in [3.8, 4) is 11.1 Å². The van der Waals surface area contributed by atoms with Crippen molar-refractivity contribution < 1.29 is 24.2 Å². The van der Waals surface area contributed by atoms with E-state index in [9.17, 15) is 19.5 Å². The second kappa shape index (κ2) is 10.3. The molecule has 0 bridgehead atoms. The lowest BCUT2D eigenvalue weighted by Crippen LogP contribution is -2.43. The Morgan fingerprint density at radius 3 is 2.21 bits per heavy atom. The quantitative estimate of drug-likeness (QED) is 0.337. The normalized spacial score (nSPS) is 12.9. The van der Waals surface area contributed by atoms with E-state index in [1.807, 2.05) is 59.0 Å². The SMILES string of the molecule is CC[C@H](NC(=O)OCC1c2ccccc2-c2ccccc21)C(=O)Nc1cc(I)cc(C(=O)O)c1. The van der Waals surface area contributed by atoms with Crippen LogP contribution in [-0.4, -0.2) is 35.7 Å². The minimum atomic E-state index is -1.09. The molecule has 0 spiro atoms. The smallest absolute Gasteiger partial charge is 0.407 e. The average Bonchev–Trinajstić information content (AvgIpc) is 3.14. The lowest BCUT2D eigenvalue weighted by atomic mass is 9.98. The van der Waals surface area contributed by atoms with Gasteiger partial charge in [0.25, 0.3) is 0 Å². The molecule has 34 heavy (non-hydrogen) atoms. The third-order valence-corrected chi connectivity index (χ3v) is 6.40. The molecule has 3 aromatic rings. The van der Waals surface area contributed by atoms with Gasteiger partial charge in [-0.1, -0.05) is 55.5 Å². The van der Waals surface area contributed by atoms with Crippen molar-refractivity contribution in [1.82, 2.24) is 5.32 Å². The molecular weight excluding hydrogens is 547 g/mol. The highest BCUT2D eigenvalue weighted by molar-refractivity contribution is 14.1. The summed E-state index contributed by atoms with van der Waals surface area (Å²) < 4.78 is 6.20. The third kappa shape index (κ3) is 5.06. The van der Waals surface area contributed by atoms with Crippen LogP contribution < -0.4 is 10.6 Å². The van der Waals surface area contributed by atoms with Gasteiger partial charge in [0.15, 0.2) is 0 Å². The molecule has 3 aromatic carbocycles. The molecule has 1 aliphatic rings. The van der Waals surface area contributed by atoms with Crippen molar-refractivity contribution in [2.24, 2.45) is 0 Å². The zero-order chi connectivity index (χ0) is 24.2. The number of carbonyl (C=O) groups excluding carboxylic acids is 2. The minimum absolute atomic E-state index is 0.0692. The Morgan fingerprint density at radius 1 is 1.00 bits per heavy atom. The van der Waals surface area contributed by atoms with E-state index in [2.05, 4.69) is 22.8 Å². The van der Waals surface area contributed by atoms with E-state index < -0.39 is 24.0 Å². The molecule has 0 aliphatic heterocycles. The summed E-state index contributed by atoms with van der Waals surface area (Å²) in [5.41, 5.74) is 4.90. The summed E-state index contributed by atoms with van der Waals surface area (Å²) in [4.78, 5) is 36.6. The van der Waals surface area contributed by atoms with Crippen LogP contribution in [0, 0.1) is 3.57 Å². The van der Waals surface area contributed by atoms with Crippen LogP contribution in [0.2, 0.25) is 0 Å². The largest absolute Gasteiger partial charge is 0.478 e. The lowest BCUT2D eigenvalue weighted by molar-refractivity contribution is -0.118. The number of nitrogens with one attached hydrogen (secondary N) is 2. The summed E-state index contributed by atoms with van der Waals surface area (Å²) >= 11 is 1.98. The third-order valence-electron chi connectivity index (χ3n) is 5.77. The number of rotatable bonds is 7. The van der Waals surface area contributed by atoms with Gasteiger partial charge in [-0.3, -0.25) is 4.79 Å². The number of hydrogen-bond donors (Lipinski definition) is 3.